The van der Waals surface area contributed by atoms with Gasteiger partial charge in [0.05, 0.1) is 13.5 Å². The minimum atomic E-state index is -0.330. The van der Waals surface area contributed by atoms with E-state index in [2.05, 4.69) is 16.6 Å². The first-order valence-electron chi connectivity index (χ1n) is 6.13. The van der Waals surface area contributed by atoms with Gasteiger partial charge in [-0.2, -0.15) is 0 Å². The lowest BCUT2D eigenvalue weighted by Gasteiger charge is -2.43. The van der Waals surface area contributed by atoms with Gasteiger partial charge in [-0.15, -0.1) is 0 Å². The fraction of sp³-hybridized carbons (Fsp3) is 0.833. The minimum Gasteiger partial charge on any atom is -0.469 e. The van der Waals surface area contributed by atoms with Crippen molar-refractivity contribution in [1.82, 2.24) is 9.80 Å². The summed E-state index contributed by atoms with van der Waals surface area (Å²) in [6, 6.07) is 0.473. The van der Waals surface area contributed by atoms with Gasteiger partial charge in [0.25, 0.3) is 0 Å². The van der Waals surface area contributed by atoms with Gasteiger partial charge in [-0.25, -0.2) is 0 Å². The van der Waals surface area contributed by atoms with E-state index in [0.29, 0.717) is 12.1 Å². The maximum absolute atomic E-state index is 12.1. The number of ether oxygens (including phenoxy) is 1. The molecule has 17 heavy (non-hydrogen) atoms. The molecular formula is C12H20N2O3. The Morgan fingerprint density at radius 2 is 2.12 bits per heavy atom. The molecule has 0 radical (unpaired) electrons. The minimum absolute atomic E-state index is 0.0420. The first kappa shape index (κ1) is 12.4. The molecule has 1 amide bonds. The van der Waals surface area contributed by atoms with Gasteiger partial charge in [0.1, 0.15) is 6.04 Å². The maximum atomic E-state index is 12.1. The van der Waals surface area contributed by atoms with E-state index in [1.54, 1.807) is 11.9 Å². The lowest BCUT2D eigenvalue weighted by Crippen LogP contribution is -2.61. The summed E-state index contributed by atoms with van der Waals surface area (Å²) in [4.78, 5) is 27.5. The standard InChI is InChI=1S/C12H20N2O3/c1-8-7-13(2)12(16)10(6-11(15)17-3)14(8)9-4-5-9/h8-10H,4-7H2,1-3H3. The van der Waals surface area contributed by atoms with E-state index in [4.69, 9.17) is 0 Å². The van der Waals surface area contributed by atoms with Gasteiger partial charge >= 0.3 is 5.97 Å². The van der Waals surface area contributed by atoms with Gasteiger partial charge in [0.2, 0.25) is 5.91 Å². The second-order valence-electron chi connectivity index (χ2n) is 5.04. The number of hydrogen-bond acceptors (Lipinski definition) is 4. The summed E-state index contributed by atoms with van der Waals surface area (Å²) in [5.74, 6) is -0.267. The van der Waals surface area contributed by atoms with E-state index in [1.807, 2.05) is 0 Å². The third kappa shape index (κ3) is 2.44. The summed E-state index contributed by atoms with van der Waals surface area (Å²) < 4.78 is 4.68. The van der Waals surface area contributed by atoms with E-state index in [9.17, 15) is 9.59 Å². The Morgan fingerprint density at radius 1 is 1.47 bits per heavy atom. The summed E-state index contributed by atoms with van der Waals surface area (Å²) in [5, 5.41) is 0. The van der Waals surface area contributed by atoms with E-state index < -0.39 is 0 Å². The molecule has 96 valence electrons. The molecule has 0 aromatic rings. The van der Waals surface area contributed by atoms with Gasteiger partial charge < -0.3 is 9.64 Å². The molecule has 1 aliphatic carbocycles. The largest absolute Gasteiger partial charge is 0.469 e. The van der Waals surface area contributed by atoms with Gasteiger partial charge in [-0.1, -0.05) is 0 Å². The highest BCUT2D eigenvalue weighted by atomic mass is 16.5. The average molecular weight is 240 g/mol. The molecule has 1 heterocycles. The maximum Gasteiger partial charge on any atom is 0.307 e. The molecule has 2 unspecified atom stereocenters. The first-order valence-corrected chi connectivity index (χ1v) is 6.13. The van der Waals surface area contributed by atoms with Gasteiger partial charge in [-0.3, -0.25) is 14.5 Å². The number of carbonyl (C=O) groups is 2. The number of esters is 1. The van der Waals surface area contributed by atoms with Crippen LogP contribution in [0.2, 0.25) is 0 Å². The molecule has 2 atom stereocenters. The van der Waals surface area contributed by atoms with Crippen LogP contribution < -0.4 is 0 Å². The summed E-state index contributed by atoms with van der Waals surface area (Å²) in [6.07, 6.45) is 2.44. The van der Waals surface area contributed by atoms with Crippen molar-refractivity contribution in [3.8, 4) is 0 Å². The Hall–Kier alpha value is -1.10. The molecule has 1 aliphatic heterocycles. The zero-order valence-electron chi connectivity index (χ0n) is 10.7. The molecule has 5 heteroatoms. The number of carbonyl (C=O) groups excluding carboxylic acids is 2. The Bertz CT molecular complexity index is 328. The summed E-state index contributed by atoms with van der Waals surface area (Å²) in [5.41, 5.74) is 0. The van der Waals surface area contributed by atoms with Crippen molar-refractivity contribution >= 4 is 11.9 Å². The molecule has 0 bridgehead atoms. The van der Waals surface area contributed by atoms with Crippen LogP contribution in [0.1, 0.15) is 26.2 Å². The van der Waals surface area contributed by atoms with Crippen LogP contribution in [-0.2, 0) is 14.3 Å². The third-order valence-electron chi connectivity index (χ3n) is 3.62. The number of methoxy groups -OCH3 is 1. The molecule has 5 nitrogen and oxygen atoms in total. The molecule has 1 saturated carbocycles. The van der Waals surface area contributed by atoms with Gasteiger partial charge in [0, 0.05) is 25.7 Å². The normalized spacial score (nSPS) is 30.5. The summed E-state index contributed by atoms with van der Waals surface area (Å²) >= 11 is 0. The summed E-state index contributed by atoms with van der Waals surface area (Å²) in [6.45, 7) is 2.86. The Labute approximate surface area is 102 Å². The van der Waals surface area contributed by atoms with E-state index >= 15 is 0 Å². The quantitative estimate of drug-likeness (QED) is 0.663. The van der Waals surface area contributed by atoms with E-state index in [0.717, 1.165) is 19.4 Å². The second kappa shape index (κ2) is 4.64. The van der Waals surface area contributed by atoms with Crippen molar-refractivity contribution in [3.05, 3.63) is 0 Å². The van der Waals surface area contributed by atoms with Crippen molar-refractivity contribution in [2.24, 2.45) is 0 Å². The molecule has 2 fully saturated rings. The van der Waals surface area contributed by atoms with Crippen LogP contribution in [0.5, 0.6) is 0 Å². The van der Waals surface area contributed by atoms with Crippen molar-refractivity contribution in [1.29, 1.82) is 0 Å². The van der Waals surface area contributed by atoms with E-state index in [1.165, 1.54) is 7.11 Å². The molecule has 0 aromatic carbocycles. The Morgan fingerprint density at radius 3 is 2.65 bits per heavy atom. The lowest BCUT2D eigenvalue weighted by molar-refractivity contribution is -0.152. The fourth-order valence-corrected chi connectivity index (χ4v) is 2.69. The van der Waals surface area contributed by atoms with Crippen LogP contribution in [0.4, 0.5) is 0 Å². The van der Waals surface area contributed by atoms with Gasteiger partial charge in [-0.05, 0) is 19.8 Å². The zero-order valence-corrected chi connectivity index (χ0v) is 10.7. The molecule has 1 saturated heterocycles. The van der Waals surface area contributed by atoms with Crippen molar-refractivity contribution in [3.63, 3.8) is 0 Å². The second-order valence-corrected chi connectivity index (χ2v) is 5.04. The predicted molar refractivity (Wildman–Crippen MR) is 62.4 cm³/mol. The monoisotopic (exact) mass is 240 g/mol. The SMILES string of the molecule is COC(=O)CC1C(=O)N(C)CC(C)N1C1CC1. The molecular weight excluding hydrogens is 220 g/mol. The van der Waals surface area contributed by atoms with Crippen LogP contribution >= 0.6 is 0 Å². The van der Waals surface area contributed by atoms with Crippen LogP contribution in [0.15, 0.2) is 0 Å². The van der Waals surface area contributed by atoms with Crippen LogP contribution in [0.25, 0.3) is 0 Å². The summed E-state index contributed by atoms with van der Waals surface area (Å²) in [7, 11) is 3.16. The number of amides is 1. The Balaban J connectivity index is 2.14. The smallest absolute Gasteiger partial charge is 0.307 e. The molecule has 2 aliphatic rings. The number of rotatable bonds is 3. The molecule has 0 N–H and O–H groups in total. The number of piperazine rings is 1. The molecule has 0 spiro atoms. The third-order valence-corrected chi connectivity index (χ3v) is 3.62. The average Bonchev–Trinajstić information content (AvgIpc) is 3.09. The van der Waals surface area contributed by atoms with Crippen LogP contribution in [-0.4, -0.2) is 60.5 Å². The van der Waals surface area contributed by atoms with Crippen molar-refractivity contribution in [2.75, 3.05) is 20.7 Å². The van der Waals surface area contributed by atoms with E-state index in [-0.39, 0.29) is 24.3 Å². The number of nitrogens with zero attached hydrogens (tertiary/aromatic N) is 2. The zero-order chi connectivity index (χ0) is 12.6. The molecule has 0 aromatic heterocycles. The lowest BCUT2D eigenvalue weighted by atomic mass is 10.0. The highest BCUT2D eigenvalue weighted by Crippen LogP contribution is 2.34. The van der Waals surface area contributed by atoms with Crippen LogP contribution in [0, 0.1) is 0 Å². The Kier molecular flexibility index (Phi) is 3.38. The first-order chi connectivity index (χ1) is 8.04. The molecule has 2 rings (SSSR count). The number of likely N-dealkylation sites (N-methyl/N-ethyl adjacent to an activating group) is 1. The fourth-order valence-electron chi connectivity index (χ4n) is 2.69. The van der Waals surface area contributed by atoms with Gasteiger partial charge in [0.15, 0.2) is 0 Å². The highest BCUT2D eigenvalue weighted by molar-refractivity contribution is 5.87. The predicted octanol–water partition coefficient (Wildman–Crippen LogP) is 0.243. The van der Waals surface area contributed by atoms with Crippen molar-refractivity contribution < 1.29 is 14.3 Å². The highest BCUT2D eigenvalue weighted by Gasteiger charge is 2.45. The number of hydrogen-bond donors (Lipinski definition) is 0. The van der Waals surface area contributed by atoms with Crippen LogP contribution in [0.3, 0.4) is 0 Å². The topological polar surface area (TPSA) is 49.9 Å². The van der Waals surface area contributed by atoms with Crippen molar-refractivity contribution in [2.45, 2.75) is 44.3 Å².